The van der Waals surface area contributed by atoms with Crippen molar-refractivity contribution in [3.8, 4) is 5.75 Å². The quantitative estimate of drug-likeness (QED) is 0.818. The van der Waals surface area contributed by atoms with Crippen molar-refractivity contribution in [1.82, 2.24) is 10.2 Å². The number of likely N-dealkylation sites (tertiary alicyclic amines) is 1. The van der Waals surface area contributed by atoms with Gasteiger partial charge >= 0.3 is 6.61 Å². The third-order valence-electron chi connectivity index (χ3n) is 3.89. The standard InChI is InChI=1S/C16H21F2N3O3/c1-10(9-19)20-14(22)12-6-4-8-21(12)15(23)11-5-2-3-7-13(11)24-16(17)18/h2-3,5,7,10,12,16H,4,6,8-9,19H2,1H3,(H,20,22)/t10-,12?/m0/s1. The summed E-state index contributed by atoms with van der Waals surface area (Å²) in [6.45, 7) is -0.582. The van der Waals surface area contributed by atoms with E-state index in [4.69, 9.17) is 5.73 Å². The first kappa shape index (κ1) is 18.1. The van der Waals surface area contributed by atoms with E-state index in [-0.39, 0.29) is 29.8 Å². The molecule has 2 rings (SSSR count). The maximum atomic E-state index is 12.7. The van der Waals surface area contributed by atoms with Crippen LogP contribution in [0.3, 0.4) is 0 Å². The van der Waals surface area contributed by atoms with Crippen LogP contribution in [-0.2, 0) is 4.79 Å². The number of nitrogens with two attached hydrogens (primary N) is 1. The Labute approximate surface area is 138 Å². The van der Waals surface area contributed by atoms with E-state index >= 15 is 0 Å². The van der Waals surface area contributed by atoms with Crippen LogP contribution in [0.2, 0.25) is 0 Å². The lowest BCUT2D eigenvalue weighted by Crippen LogP contribution is -2.49. The first-order chi connectivity index (χ1) is 11.4. The van der Waals surface area contributed by atoms with Gasteiger partial charge in [0.15, 0.2) is 0 Å². The van der Waals surface area contributed by atoms with Crippen LogP contribution in [-0.4, -0.2) is 48.5 Å². The van der Waals surface area contributed by atoms with Crippen molar-refractivity contribution in [2.75, 3.05) is 13.1 Å². The molecule has 1 unspecified atom stereocenters. The van der Waals surface area contributed by atoms with Crippen molar-refractivity contribution in [2.45, 2.75) is 38.5 Å². The number of amides is 2. The van der Waals surface area contributed by atoms with Crippen LogP contribution in [0.5, 0.6) is 5.75 Å². The van der Waals surface area contributed by atoms with Crippen LogP contribution in [0.1, 0.15) is 30.1 Å². The minimum absolute atomic E-state index is 0.0179. The molecule has 6 nitrogen and oxygen atoms in total. The summed E-state index contributed by atoms with van der Waals surface area (Å²) in [5.74, 6) is -0.978. The van der Waals surface area contributed by atoms with Crippen LogP contribution < -0.4 is 15.8 Å². The molecule has 1 saturated heterocycles. The van der Waals surface area contributed by atoms with Crippen molar-refractivity contribution < 1.29 is 23.1 Å². The predicted molar refractivity (Wildman–Crippen MR) is 83.8 cm³/mol. The molecule has 0 aromatic heterocycles. The number of para-hydroxylation sites is 1. The van der Waals surface area contributed by atoms with Gasteiger partial charge in [0.1, 0.15) is 11.8 Å². The molecule has 1 aromatic rings. The van der Waals surface area contributed by atoms with E-state index in [0.29, 0.717) is 19.4 Å². The summed E-state index contributed by atoms with van der Waals surface area (Å²) in [5, 5.41) is 2.75. The molecule has 8 heteroatoms. The van der Waals surface area contributed by atoms with Gasteiger partial charge in [-0.25, -0.2) is 0 Å². The summed E-state index contributed by atoms with van der Waals surface area (Å²) in [4.78, 5) is 26.4. The number of halogens is 2. The number of ether oxygens (including phenoxy) is 1. The third-order valence-corrected chi connectivity index (χ3v) is 3.89. The van der Waals surface area contributed by atoms with Crippen molar-refractivity contribution >= 4 is 11.8 Å². The molecule has 0 bridgehead atoms. The molecular formula is C16H21F2N3O3. The summed E-state index contributed by atoms with van der Waals surface area (Å²) >= 11 is 0. The van der Waals surface area contributed by atoms with Crippen LogP contribution in [0.4, 0.5) is 8.78 Å². The fraction of sp³-hybridized carbons (Fsp3) is 0.500. The third kappa shape index (κ3) is 4.19. The molecule has 0 saturated carbocycles. The summed E-state index contributed by atoms with van der Waals surface area (Å²) in [5.41, 5.74) is 5.51. The number of rotatable bonds is 6. The van der Waals surface area contributed by atoms with E-state index in [2.05, 4.69) is 10.1 Å². The number of nitrogens with zero attached hydrogens (tertiary/aromatic N) is 1. The van der Waals surface area contributed by atoms with E-state index in [1.54, 1.807) is 13.0 Å². The highest BCUT2D eigenvalue weighted by Crippen LogP contribution is 2.26. The second-order valence-corrected chi connectivity index (χ2v) is 5.68. The van der Waals surface area contributed by atoms with Gasteiger partial charge in [-0.3, -0.25) is 9.59 Å². The van der Waals surface area contributed by atoms with E-state index in [1.807, 2.05) is 0 Å². The van der Waals surface area contributed by atoms with Crippen LogP contribution >= 0.6 is 0 Å². The Balaban J connectivity index is 2.18. The number of carbonyl (C=O) groups is 2. The summed E-state index contributed by atoms with van der Waals surface area (Å²) in [6, 6.07) is 4.95. The number of alkyl halides is 2. The summed E-state index contributed by atoms with van der Waals surface area (Å²) in [6.07, 6.45) is 1.19. The Morgan fingerprint density at radius 1 is 1.42 bits per heavy atom. The van der Waals surface area contributed by atoms with Crippen LogP contribution in [0, 0.1) is 0 Å². The van der Waals surface area contributed by atoms with Crippen molar-refractivity contribution in [3.63, 3.8) is 0 Å². The van der Waals surface area contributed by atoms with Crippen LogP contribution in [0.25, 0.3) is 0 Å². The molecular weight excluding hydrogens is 320 g/mol. The van der Waals surface area contributed by atoms with Crippen molar-refractivity contribution in [1.29, 1.82) is 0 Å². The monoisotopic (exact) mass is 341 g/mol. The van der Waals surface area contributed by atoms with Crippen LogP contribution in [0.15, 0.2) is 24.3 Å². The Morgan fingerprint density at radius 2 is 2.12 bits per heavy atom. The van der Waals surface area contributed by atoms with Gasteiger partial charge in [-0.2, -0.15) is 8.78 Å². The first-order valence-corrected chi connectivity index (χ1v) is 7.79. The Hall–Kier alpha value is -2.22. The fourth-order valence-electron chi connectivity index (χ4n) is 2.68. The molecule has 2 amide bonds. The Morgan fingerprint density at radius 3 is 2.79 bits per heavy atom. The van der Waals surface area contributed by atoms with Gasteiger partial charge in [0.05, 0.1) is 5.56 Å². The average molecular weight is 341 g/mol. The second kappa shape index (κ2) is 8.05. The zero-order valence-electron chi connectivity index (χ0n) is 13.4. The lowest BCUT2D eigenvalue weighted by molar-refractivity contribution is -0.125. The summed E-state index contributed by atoms with van der Waals surface area (Å²) in [7, 11) is 0. The lowest BCUT2D eigenvalue weighted by Gasteiger charge is -2.26. The number of hydrogen-bond acceptors (Lipinski definition) is 4. The molecule has 1 aliphatic heterocycles. The first-order valence-electron chi connectivity index (χ1n) is 7.79. The number of carbonyl (C=O) groups excluding carboxylic acids is 2. The van der Waals surface area contributed by atoms with Gasteiger partial charge in [-0.05, 0) is 31.9 Å². The van der Waals surface area contributed by atoms with Gasteiger partial charge < -0.3 is 20.7 Å². The smallest absolute Gasteiger partial charge is 0.387 e. The van der Waals surface area contributed by atoms with E-state index < -0.39 is 18.6 Å². The van der Waals surface area contributed by atoms with Gasteiger partial charge in [0.25, 0.3) is 5.91 Å². The predicted octanol–water partition coefficient (Wildman–Crippen LogP) is 1.36. The molecule has 0 aliphatic carbocycles. The highest BCUT2D eigenvalue weighted by Gasteiger charge is 2.35. The minimum atomic E-state index is -3.03. The molecule has 132 valence electrons. The fourth-order valence-corrected chi connectivity index (χ4v) is 2.68. The van der Waals surface area contributed by atoms with Gasteiger partial charge in [0, 0.05) is 19.1 Å². The maximum absolute atomic E-state index is 12.7. The molecule has 1 aromatic carbocycles. The zero-order valence-corrected chi connectivity index (χ0v) is 13.4. The van der Waals surface area contributed by atoms with E-state index in [9.17, 15) is 18.4 Å². The molecule has 2 atom stereocenters. The number of hydrogen-bond donors (Lipinski definition) is 2. The van der Waals surface area contributed by atoms with E-state index in [0.717, 1.165) is 0 Å². The van der Waals surface area contributed by atoms with E-state index in [1.165, 1.54) is 23.1 Å². The molecule has 0 spiro atoms. The number of nitrogens with one attached hydrogen (secondary N) is 1. The zero-order chi connectivity index (χ0) is 17.7. The molecule has 3 N–H and O–H groups in total. The van der Waals surface area contributed by atoms with Gasteiger partial charge in [-0.15, -0.1) is 0 Å². The lowest BCUT2D eigenvalue weighted by atomic mass is 10.1. The van der Waals surface area contributed by atoms with Crippen molar-refractivity contribution in [3.05, 3.63) is 29.8 Å². The molecule has 1 fully saturated rings. The second-order valence-electron chi connectivity index (χ2n) is 5.68. The largest absolute Gasteiger partial charge is 0.434 e. The highest BCUT2D eigenvalue weighted by molar-refractivity contribution is 6.00. The molecule has 1 heterocycles. The Kier molecular flexibility index (Phi) is 6.08. The topological polar surface area (TPSA) is 84.7 Å². The molecule has 1 aliphatic rings. The van der Waals surface area contributed by atoms with Crippen molar-refractivity contribution in [2.24, 2.45) is 5.73 Å². The Bertz CT molecular complexity index is 598. The highest BCUT2D eigenvalue weighted by atomic mass is 19.3. The maximum Gasteiger partial charge on any atom is 0.387 e. The van der Waals surface area contributed by atoms with Gasteiger partial charge in [0.2, 0.25) is 5.91 Å². The minimum Gasteiger partial charge on any atom is -0.434 e. The SMILES string of the molecule is C[C@@H](CN)NC(=O)C1CCCN1C(=O)c1ccccc1OC(F)F. The van der Waals surface area contributed by atoms with Gasteiger partial charge in [-0.1, -0.05) is 12.1 Å². The number of benzene rings is 1. The molecule has 0 radical (unpaired) electrons. The summed E-state index contributed by atoms with van der Waals surface area (Å²) < 4.78 is 29.4. The molecule has 24 heavy (non-hydrogen) atoms. The average Bonchev–Trinajstić information content (AvgIpc) is 3.03. The normalized spacial score (nSPS) is 18.5.